The van der Waals surface area contributed by atoms with Gasteiger partial charge in [0.1, 0.15) is 11.5 Å². The lowest BCUT2D eigenvalue weighted by Gasteiger charge is -2.39. The minimum Gasteiger partial charge on any atom is -0.508 e. The third-order valence-corrected chi connectivity index (χ3v) is 9.60. The van der Waals surface area contributed by atoms with Gasteiger partial charge in [-0.2, -0.15) is 0 Å². The molecule has 0 aliphatic heterocycles. The minimum atomic E-state index is -0.402. The predicted molar refractivity (Wildman–Crippen MR) is 109 cm³/mol. The lowest BCUT2D eigenvalue weighted by atomic mass is 9.86. The van der Waals surface area contributed by atoms with Gasteiger partial charge in [-0.3, -0.25) is 0 Å². The van der Waals surface area contributed by atoms with E-state index in [1.54, 1.807) is 6.07 Å². The fourth-order valence-corrected chi connectivity index (χ4v) is 8.66. The van der Waals surface area contributed by atoms with Crippen LogP contribution in [-0.2, 0) is 5.41 Å². The number of hydrogen-bond donors (Lipinski definition) is 2. The van der Waals surface area contributed by atoms with Gasteiger partial charge in [0.2, 0.25) is 0 Å². The largest absolute Gasteiger partial charge is 0.508 e. The molecule has 0 bridgehead atoms. The zero-order valence-corrected chi connectivity index (χ0v) is 17.1. The highest BCUT2D eigenvalue weighted by molar-refractivity contribution is 7.67. The van der Waals surface area contributed by atoms with Crippen molar-refractivity contribution in [1.29, 1.82) is 0 Å². The molecule has 0 spiro atoms. The molecule has 0 heterocycles. The summed E-state index contributed by atoms with van der Waals surface area (Å²) in [4.78, 5) is 0. The Kier molecular flexibility index (Phi) is 5.99. The van der Waals surface area contributed by atoms with E-state index in [0.717, 1.165) is 22.2 Å². The molecule has 2 fully saturated rings. The van der Waals surface area contributed by atoms with Gasteiger partial charge in [0, 0.05) is 10.9 Å². The van der Waals surface area contributed by atoms with E-state index in [4.69, 9.17) is 0 Å². The first-order chi connectivity index (χ1) is 11.9. The molecule has 2 N–H and O–H groups in total. The zero-order valence-electron chi connectivity index (χ0n) is 16.2. The first-order valence-electron chi connectivity index (χ1n) is 10.2. The fourth-order valence-electron chi connectivity index (χ4n) is 4.78. The van der Waals surface area contributed by atoms with Crippen molar-refractivity contribution in [2.24, 2.45) is 0 Å². The van der Waals surface area contributed by atoms with Crippen LogP contribution in [0.5, 0.6) is 11.5 Å². The second-order valence-corrected chi connectivity index (χ2v) is 11.9. The maximum atomic E-state index is 11.2. The van der Waals surface area contributed by atoms with Crippen LogP contribution >= 0.6 is 7.92 Å². The summed E-state index contributed by atoms with van der Waals surface area (Å²) in [6, 6.07) is 3.67. The third-order valence-electron chi connectivity index (χ3n) is 6.10. The Labute approximate surface area is 154 Å². The van der Waals surface area contributed by atoms with Gasteiger partial charge in [0.05, 0.1) is 0 Å². The summed E-state index contributed by atoms with van der Waals surface area (Å²) in [5.74, 6) is 0.810. The van der Waals surface area contributed by atoms with Crippen LogP contribution < -0.4 is 5.30 Å². The van der Waals surface area contributed by atoms with Crippen molar-refractivity contribution in [2.75, 3.05) is 0 Å². The summed E-state index contributed by atoms with van der Waals surface area (Å²) in [6.07, 6.45) is 13.3. The summed E-state index contributed by atoms with van der Waals surface area (Å²) in [6.45, 7) is 6.36. The normalized spacial score (nSPS) is 21.0. The van der Waals surface area contributed by atoms with Gasteiger partial charge in [-0.05, 0) is 54.5 Å². The van der Waals surface area contributed by atoms with E-state index < -0.39 is 7.92 Å². The van der Waals surface area contributed by atoms with E-state index in [0.29, 0.717) is 11.5 Å². The fraction of sp³-hybridized carbons (Fsp3) is 0.727. The summed E-state index contributed by atoms with van der Waals surface area (Å²) < 4.78 is 0. The van der Waals surface area contributed by atoms with Crippen LogP contribution in [0.15, 0.2) is 12.1 Å². The maximum Gasteiger partial charge on any atom is 0.127 e. The molecule has 2 aliphatic carbocycles. The molecular formula is C22H35O2P. The van der Waals surface area contributed by atoms with Crippen molar-refractivity contribution < 1.29 is 10.2 Å². The Balaban J connectivity index is 2.04. The Morgan fingerprint density at radius 1 is 0.800 bits per heavy atom. The average molecular weight is 362 g/mol. The molecule has 25 heavy (non-hydrogen) atoms. The lowest BCUT2D eigenvalue weighted by Crippen LogP contribution is -2.27. The van der Waals surface area contributed by atoms with Crippen LogP contribution in [-0.4, -0.2) is 21.5 Å². The third kappa shape index (κ3) is 4.33. The number of aromatic hydroxyl groups is 2. The van der Waals surface area contributed by atoms with Crippen molar-refractivity contribution in [3.05, 3.63) is 17.7 Å². The van der Waals surface area contributed by atoms with E-state index in [2.05, 4.69) is 20.8 Å². The molecule has 0 unspecified atom stereocenters. The topological polar surface area (TPSA) is 40.5 Å². The monoisotopic (exact) mass is 362 g/mol. The molecule has 1 aromatic rings. The number of benzene rings is 1. The van der Waals surface area contributed by atoms with Crippen molar-refractivity contribution in [2.45, 2.75) is 102 Å². The van der Waals surface area contributed by atoms with Gasteiger partial charge < -0.3 is 10.2 Å². The first-order valence-corrected chi connectivity index (χ1v) is 11.7. The second kappa shape index (κ2) is 7.87. The SMILES string of the molecule is CC(C)(C)c1cc(O)cc(P(C2CCCCC2)C2CCCCC2)c1O. The molecule has 0 atom stereocenters. The lowest BCUT2D eigenvalue weighted by molar-refractivity contribution is 0.438. The van der Waals surface area contributed by atoms with E-state index in [1.165, 1.54) is 64.2 Å². The highest BCUT2D eigenvalue weighted by Gasteiger charge is 2.35. The molecule has 2 saturated carbocycles. The zero-order chi connectivity index (χ0) is 18.0. The number of phenolic OH excluding ortho intramolecular Hbond substituents is 2. The second-order valence-electron chi connectivity index (χ2n) is 9.10. The molecule has 0 amide bonds. The van der Waals surface area contributed by atoms with Gasteiger partial charge in [-0.1, -0.05) is 67.2 Å². The van der Waals surface area contributed by atoms with Gasteiger partial charge in [0.25, 0.3) is 0 Å². The summed E-state index contributed by atoms with van der Waals surface area (Å²) in [5.41, 5.74) is 2.21. The molecule has 3 rings (SSSR count). The van der Waals surface area contributed by atoms with Gasteiger partial charge in [0.15, 0.2) is 0 Å². The first kappa shape index (κ1) is 19.0. The van der Waals surface area contributed by atoms with Gasteiger partial charge in [-0.15, -0.1) is 0 Å². The molecule has 1 aromatic carbocycles. The molecule has 3 heteroatoms. The molecule has 2 aliphatic rings. The Morgan fingerprint density at radius 2 is 1.28 bits per heavy atom. The van der Waals surface area contributed by atoms with Crippen molar-refractivity contribution in [1.82, 2.24) is 0 Å². The van der Waals surface area contributed by atoms with Crippen LogP contribution in [0, 0.1) is 0 Å². The van der Waals surface area contributed by atoms with Crippen LogP contribution in [0.4, 0.5) is 0 Å². The van der Waals surface area contributed by atoms with Crippen LogP contribution in [0.1, 0.15) is 90.5 Å². The van der Waals surface area contributed by atoms with Crippen LogP contribution in [0.2, 0.25) is 0 Å². The average Bonchev–Trinajstić information content (AvgIpc) is 2.59. The molecular weight excluding hydrogens is 327 g/mol. The van der Waals surface area contributed by atoms with Crippen molar-refractivity contribution in [3.8, 4) is 11.5 Å². The van der Waals surface area contributed by atoms with Crippen molar-refractivity contribution in [3.63, 3.8) is 0 Å². The Bertz CT molecular complexity index is 560. The summed E-state index contributed by atoms with van der Waals surface area (Å²) in [5, 5.41) is 22.7. The minimum absolute atomic E-state index is 0.155. The van der Waals surface area contributed by atoms with E-state index in [9.17, 15) is 10.2 Å². The van der Waals surface area contributed by atoms with Crippen LogP contribution in [0.3, 0.4) is 0 Å². The molecule has 0 saturated heterocycles. The summed E-state index contributed by atoms with van der Waals surface area (Å²) >= 11 is 0. The highest BCUT2D eigenvalue weighted by Crippen LogP contribution is 2.57. The predicted octanol–water partition coefficient (Wildman–Crippen LogP) is 6.17. The smallest absolute Gasteiger partial charge is 0.127 e. The Hall–Kier alpha value is -0.750. The van der Waals surface area contributed by atoms with Gasteiger partial charge in [-0.25, -0.2) is 0 Å². The molecule has 2 nitrogen and oxygen atoms in total. The van der Waals surface area contributed by atoms with E-state index in [1.807, 2.05) is 6.07 Å². The maximum absolute atomic E-state index is 11.2. The molecule has 0 radical (unpaired) electrons. The number of phenols is 2. The highest BCUT2D eigenvalue weighted by atomic mass is 31.1. The molecule has 0 aromatic heterocycles. The van der Waals surface area contributed by atoms with E-state index in [-0.39, 0.29) is 5.41 Å². The van der Waals surface area contributed by atoms with Gasteiger partial charge >= 0.3 is 0 Å². The Morgan fingerprint density at radius 3 is 1.72 bits per heavy atom. The van der Waals surface area contributed by atoms with Crippen LogP contribution in [0.25, 0.3) is 0 Å². The number of hydrogen-bond acceptors (Lipinski definition) is 2. The quantitative estimate of drug-likeness (QED) is 0.499. The standard InChI is InChI=1S/C22H35O2P/c1-22(2,3)19-14-16(23)15-20(21(19)24)25(17-10-6-4-7-11-17)18-12-8-5-9-13-18/h14-15,17-18,23-24H,4-13H2,1-3H3. The summed E-state index contributed by atoms with van der Waals surface area (Å²) in [7, 11) is -0.402. The van der Waals surface area contributed by atoms with E-state index >= 15 is 0 Å². The molecule has 140 valence electrons. The number of rotatable bonds is 3. The van der Waals surface area contributed by atoms with Crippen molar-refractivity contribution >= 4 is 13.2 Å².